The lowest BCUT2D eigenvalue weighted by Gasteiger charge is -2.23. The fraction of sp³-hybridized carbons (Fsp3) is 0.667. The van der Waals surface area contributed by atoms with Gasteiger partial charge in [0.15, 0.2) is 0 Å². The Hall–Kier alpha value is -1.94. The molecule has 9 nitrogen and oxygen atoms in total. The zero-order chi connectivity index (χ0) is 17.2. The van der Waals surface area contributed by atoms with E-state index >= 15 is 0 Å². The summed E-state index contributed by atoms with van der Waals surface area (Å²) in [6.45, 7) is 5.44. The Balaban J connectivity index is 5.27. The maximum atomic E-state index is 11.6. The number of rotatable bonds is 9. The van der Waals surface area contributed by atoms with Crippen molar-refractivity contribution in [2.75, 3.05) is 0 Å². The molecule has 0 heterocycles. The van der Waals surface area contributed by atoms with Crippen LogP contribution in [0.3, 0.4) is 0 Å². The van der Waals surface area contributed by atoms with Crippen LogP contribution in [-0.2, 0) is 41.9 Å². The van der Waals surface area contributed by atoms with E-state index in [0.717, 1.165) is 13.8 Å². The number of carbonyl (C=O) groups is 4. The molecule has 0 spiro atoms. The maximum Gasteiger partial charge on any atom is 0.937 e. The lowest BCUT2D eigenvalue weighted by molar-refractivity contribution is -0.253. The van der Waals surface area contributed by atoms with Crippen molar-refractivity contribution < 1.29 is 41.9 Å². The summed E-state index contributed by atoms with van der Waals surface area (Å²) in [7, 11) is -4.61. The van der Waals surface area contributed by atoms with Crippen molar-refractivity contribution in [2.45, 2.75) is 53.4 Å². The molecule has 0 aliphatic carbocycles. The van der Waals surface area contributed by atoms with Gasteiger partial charge in [-0.05, 0) is 12.8 Å². The van der Waals surface area contributed by atoms with E-state index in [1.54, 1.807) is 13.8 Å². The topological polar surface area (TPSA) is 114 Å². The Morgan fingerprint density at radius 1 is 0.773 bits per heavy atom. The molecule has 0 rings (SSSR count). The summed E-state index contributed by atoms with van der Waals surface area (Å²) in [5.74, 6) is -3.45. The highest BCUT2D eigenvalue weighted by molar-refractivity contribution is 6.59. The number of hydrogen-bond acceptors (Lipinski definition) is 9. The van der Waals surface area contributed by atoms with Gasteiger partial charge in [0.1, 0.15) is 0 Å². The average Bonchev–Trinajstić information content (AvgIpc) is 2.35. The van der Waals surface area contributed by atoms with Gasteiger partial charge < -0.3 is 18.2 Å². The molecule has 0 saturated carbocycles. The van der Waals surface area contributed by atoms with E-state index in [4.69, 9.17) is 13.3 Å². The van der Waals surface area contributed by atoms with Crippen molar-refractivity contribution >= 4 is 32.9 Å². The standard InChI is InChI=1S/C12H20O9Si/c1-5-7-11(15)19-22(18-10(4)14,21-17-9(3)13)20-12(16)8-6-2/h5-8H2,1-4H3. The SMILES string of the molecule is CCCC(=O)O[Si](OOC(C)=O)(OC(C)=O)OC(=O)CCC. The molecule has 10 heteroatoms. The molecule has 0 atom stereocenters. The Bertz CT molecular complexity index is 401. The minimum Gasteiger partial charge on any atom is -0.431 e. The molecule has 0 aromatic carbocycles. The van der Waals surface area contributed by atoms with Crippen LogP contribution < -0.4 is 0 Å². The van der Waals surface area contributed by atoms with E-state index < -0.39 is 32.9 Å². The van der Waals surface area contributed by atoms with Crippen LogP contribution in [0, 0.1) is 0 Å². The first-order valence-electron chi connectivity index (χ1n) is 6.74. The van der Waals surface area contributed by atoms with Crippen LogP contribution in [0.25, 0.3) is 0 Å². The molecular weight excluding hydrogens is 316 g/mol. The highest BCUT2D eigenvalue weighted by Gasteiger charge is 2.61. The lowest BCUT2D eigenvalue weighted by Crippen LogP contribution is -2.53. The predicted molar refractivity (Wildman–Crippen MR) is 72.4 cm³/mol. The van der Waals surface area contributed by atoms with E-state index in [9.17, 15) is 19.2 Å². The van der Waals surface area contributed by atoms with E-state index in [1.807, 2.05) is 0 Å². The summed E-state index contributed by atoms with van der Waals surface area (Å²) < 4.78 is 19.1. The molecule has 0 aromatic heterocycles. The lowest BCUT2D eigenvalue weighted by atomic mass is 10.4. The van der Waals surface area contributed by atoms with Crippen molar-refractivity contribution in [3.05, 3.63) is 0 Å². The van der Waals surface area contributed by atoms with Gasteiger partial charge in [0.05, 0.1) is 0 Å². The van der Waals surface area contributed by atoms with Gasteiger partial charge in [-0.3, -0.25) is 14.4 Å². The second kappa shape index (κ2) is 9.90. The van der Waals surface area contributed by atoms with Crippen molar-refractivity contribution in [1.29, 1.82) is 0 Å². The Morgan fingerprint density at radius 3 is 1.55 bits per heavy atom. The summed E-state index contributed by atoms with van der Waals surface area (Å²) in [5.41, 5.74) is 0. The summed E-state index contributed by atoms with van der Waals surface area (Å²) in [6, 6.07) is 0. The van der Waals surface area contributed by atoms with Gasteiger partial charge in [-0.25, -0.2) is 4.79 Å². The molecule has 0 saturated heterocycles. The highest BCUT2D eigenvalue weighted by Crippen LogP contribution is 2.16. The van der Waals surface area contributed by atoms with Crippen LogP contribution in [0.15, 0.2) is 0 Å². The van der Waals surface area contributed by atoms with Gasteiger partial charge >= 0.3 is 15.0 Å². The fourth-order valence-corrected chi connectivity index (χ4v) is 2.75. The van der Waals surface area contributed by atoms with E-state index in [2.05, 4.69) is 9.46 Å². The third-order valence-corrected chi connectivity index (χ3v) is 3.70. The molecule has 0 aromatic rings. The first-order valence-corrected chi connectivity index (χ1v) is 8.37. The van der Waals surface area contributed by atoms with Gasteiger partial charge in [-0.15, -0.1) is 4.58 Å². The summed E-state index contributed by atoms with van der Waals surface area (Å²) >= 11 is 0. The molecular formula is C12H20O9Si. The Kier molecular flexibility index (Phi) is 9.02. The smallest absolute Gasteiger partial charge is 0.431 e. The van der Waals surface area contributed by atoms with Crippen LogP contribution in [-0.4, -0.2) is 32.9 Å². The molecule has 0 N–H and O–H groups in total. The van der Waals surface area contributed by atoms with Gasteiger partial charge in [0.25, 0.3) is 17.9 Å². The summed E-state index contributed by atoms with van der Waals surface area (Å²) in [6.07, 6.45) is 0.843. The molecule has 0 bridgehead atoms. The largest absolute Gasteiger partial charge is 0.937 e. The van der Waals surface area contributed by atoms with Crippen molar-refractivity contribution in [3.63, 3.8) is 0 Å². The Labute approximate surface area is 129 Å². The number of hydrogen-bond donors (Lipinski definition) is 0. The first kappa shape index (κ1) is 20.1. The van der Waals surface area contributed by atoms with Gasteiger partial charge in [-0.2, -0.15) is 0 Å². The molecule has 0 aliphatic rings. The quantitative estimate of drug-likeness (QED) is 0.347. The normalized spacial score (nSPS) is 10.5. The molecule has 0 amide bonds. The van der Waals surface area contributed by atoms with Crippen molar-refractivity contribution in [2.24, 2.45) is 0 Å². The van der Waals surface area contributed by atoms with E-state index in [-0.39, 0.29) is 12.8 Å². The average molecular weight is 336 g/mol. The first-order chi connectivity index (χ1) is 10.2. The maximum absolute atomic E-state index is 11.6. The minimum atomic E-state index is -4.61. The van der Waals surface area contributed by atoms with E-state index in [0.29, 0.717) is 12.8 Å². The molecule has 0 aliphatic heterocycles. The van der Waals surface area contributed by atoms with Crippen LogP contribution in [0.1, 0.15) is 53.4 Å². The molecule has 0 fully saturated rings. The predicted octanol–water partition coefficient (Wildman–Crippen LogP) is 1.17. The molecule has 0 unspecified atom stereocenters. The summed E-state index contributed by atoms with van der Waals surface area (Å²) in [4.78, 5) is 49.6. The van der Waals surface area contributed by atoms with E-state index in [1.165, 1.54) is 0 Å². The molecule has 126 valence electrons. The zero-order valence-electron chi connectivity index (χ0n) is 13.0. The van der Waals surface area contributed by atoms with Crippen LogP contribution in [0.4, 0.5) is 0 Å². The van der Waals surface area contributed by atoms with Crippen LogP contribution >= 0.6 is 0 Å². The highest BCUT2D eigenvalue weighted by atomic mass is 28.4. The van der Waals surface area contributed by atoms with Crippen molar-refractivity contribution in [1.82, 2.24) is 0 Å². The second-order valence-electron chi connectivity index (χ2n) is 4.20. The fourth-order valence-electron chi connectivity index (χ4n) is 1.19. The van der Waals surface area contributed by atoms with Crippen LogP contribution in [0.2, 0.25) is 0 Å². The molecule has 0 radical (unpaired) electrons. The van der Waals surface area contributed by atoms with Gasteiger partial charge in [-0.1, -0.05) is 13.8 Å². The minimum absolute atomic E-state index is 0.0230. The van der Waals surface area contributed by atoms with Gasteiger partial charge in [0, 0.05) is 26.7 Å². The van der Waals surface area contributed by atoms with Crippen LogP contribution in [0.5, 0.6) is 0 Å². The van der Waals surface area contributed by atoms with Gasteiger partial charge in [0.2, 0.25) is 0 Å². The van der Waals surface area contributed by atoms with Crippen molar-refractivity contribution in [3.8, 4) is 0 Å². The third-order valence-electron chi connectivity index (χ3n) is 1.92. The Morgan fingerprint density at radius 2 is 1.23 bits per heavy atom. The number of carbonyl (C=O) groups excluding carboxylic acids is 4. The monoisotopic (exact) mass is 336 g/mol. The second-order valence-corrected chi connectivity index (χ2v) is 5.98. The summed E-state index contributed by atoms with van der Waals surface area (Å²) in [5, 5.41) is 0. The third kappa shape index (κ3) is 8.37. The molecule has 22 heavy (non-hydrogen) atoms. The zero-order valence-corrected chi connectivity index (χ0v) is 14.0.